The third-order valence-electron chi connectivity index (χ3n) is 5.58. The predicted molar refractivity (Wildman–Crippen MR) is 150 cm³/mol. The second-order valence-electron chi connectivity index (χ2n) is 8.90. The van der Waals surface area contributed by atoms with E-state index in [4.69, 9.17) is 22.9 Å². The molecule has 13 N–H and O–H groups in total. The Morgan fingerprint density at radius 1 is 0.900 bits per heavy atom. The quantitative estimate of drug-likeness (QED) is 0.0495. The molecule has 0 heterocycles. The molecule has 0 fully saturated rings. The number of hydrogen-bond acceptors (Lipinski definition) is 9. The number of nitrogens with zero attached hydrogens (tertiary/aromatic N) is 1. The lowest BCUT2D eigenvalue weighted by atomic mass is 10.0. The van der Waals surface area contributed by atoms with E-state index in [-0.39, 0.29) is 37.5 Å². The molecule has 0 aliphatic rings. The van der Waals surface area contributed by atoms with Crippen LogP contribution in [0, 0.1) is 0 Å². The normalized spacial score (nSPS) is 13.7. The fraction of sp³-hybridized carbons (Fsp3) is 0.500. The van der Waals surface area contributed by atoms with Crippen LogP contribution in [0.15, 0.2) is 29.3 Å². The summed E-state index contributed by atoms with van der Waals surface area (Å²) in [4.78, 5) is 66.0. The number of carboxylic acids is 1. The summed E-state index contributed by atoms with van der Waals surface area (Å²) in [7, 11) is 0. The van der Waals surface area contributed by atoms with Crippen molar-refractivity contribution in [3.8, 4) is 5.75 Å². The van der Waals surface area contributed by atoms with E-state index in [9.17, 15) is 34.2 Å². The van der Waals surface area contributed by atoms with Crippen molar-refractivity contribution in [2.24, 2.45) is 27.9 Å². The topological polar surface area (TPSA) is 278 Å². The maximum absolute atomic E-state index is 13.1. The van der Waals surface area contributed by atoms with Gasteiger partial charge in [-0.3, -0.25) is 24.2 Å². The van der Waals surface area contributed by atoms with E-state index in [1.165, 1.54) is 36.0 Å². The number of nitrogens with one attached hydrogen (secondary N) is 3. The van der Waals surface area contributed by atoms with Crippen molar-refractivity contribution in [2.45, 2.75) is 56.3 Å². The number of amides is 4. The summed E-state index contributed by atoms with van der Waals surface area (Å²) in [6.07, 6.45) is 1.71. The van der Waals surface area contributed by atoms with Gasteiger partial charge < -0.3 is 49.1 Å². The number of phenols is 1. The number of aromatic hydroxyl groups is 1. The fourth-order valence-electron chi connectivity index (χ4n) is 3.45. The molecule has 4 unspecified atom stereocenters. The van der Waals surface area contributed by atoms with E-state index in [1.54, 1.807) is 0 Å². The van der Waals surface area contributed by atoms with E-state index in [0.29, 0.717) is 17.7 Å². The van der Waals surface area contributed by atoms with Gasteiger partial charge in [-0.1, -0.05) is 12.1 Å². The van der Waals surface area contributed by atoms with Gasteiger partial charge in [0.1, 0.15) is 23.9 Å². The van der Waals surface area contributed by atoms with Gasteiger partial charge >= 0.3 is 5.97 Å². The van der Waals surface area contributed by atoms with Crippen molar-refractivity contribution in [3.05, 3.63) is 29.8 Å². The Balaban J connectivity index is 3.08. The van der Waals surface area contributed by atoms with E-state index in [2.05, 4.69) is 20.9 Å². The Kier molecular flexibility index (Phi) is 14.9. The first kappa shape index (κ1) is 34.0. The van der Waals surface area contributed by atoms with E-state index < -0.39 is 60.2 Å². The first-order valence-electron chi connectivity index (χ1n) is 12.3. The molecule has 4 amide bonds. The summed E-state index contributed by atoms with van der Waals surface area (Å²) < 4.78 is 0. The van der Waals surface area contributed by atoms with Crippen molar-refractivity contribution in [1.29, 1.82) is 0 Å². The number of nitrogens with two attached hydrogens (primary N) is 4. The molecule has 0 saturated carbocycles. The molecule has 0 saturated heterocycles. The smallest absolute Gasteiger partial charge is 0.326 e. The lowest BCUT2D eigenvalue weighted by Gasteiger charge is -2.25. The summed E-state index contributed by atoms with van der Waals surface area (Å²) >= 11 is 1.48. The molecule has 0 spiro atoms. The fourth-order valence-corrected chi connectivity index (χ4v) is 3.94. The average Bonchev–Trinajstić information content (AvgIpc) is 2.88. The van der Waals surface area contributed by atoms with Crippen molar-refractivity contribution in [2.75, 3.05) is 18.6 Å². The third-order valence-corrected chi connectivity index (χ3v) is 6.22. The van der Waals surface area contributed by atoms with Crippen LogP contribution in [-0.4, -0.2) is 88.5 Å². The van der Waals surface area contributed by atoms with Crippen LogP contribution >= 0.6 is 11.8 Å². The highest BCUT2D eigenvalue weighted by molar-refractivity contribution is 7.98. The van der Waals surface area contributed by atoms with Gasteiger partial charge in [0, 0.05) is 13.0 Å². The minimum Gasteiger partial charge on any atom is -0.508 e. The van der Waals surface area contributed by atoms with Crippen molar-refractivity contribution < 1.29 is 34.2 Å². The molecule has 1 rings (SSSR count). The lowest BCUT2D eigenvalue weighted by Crippen LogP contribution is -2.58. The summed E-state index contributed by atoms with van der Waals surface area (Å²) in [5, 5.41) is 26.4. The lowest BCUT2D eigenvalue weighted by molar-refractivity contribution is -0.142. The number of aliphatic imine (C=N–C) groups is 1. The minimum absolute atomic E-state index is 0.00831. The molecule has 40 heavy (non-hydrogen) atoms. The zero-order valence-corrected chi connectivity index (χ0v) is 23.0. The largest absolute Gasteiger partial charge is 0.508 e. The van der Waals surface area contributed by atoms with Crippen LogP contribution in [0.3, 0.4) is 0 Å². The molecule has 15 nitrogen and oxygen atoms in total. The number of rotatable bonds is 18. The predicted octanol–water partition coefficient (Wildman–Crippen LogP) is -2.52. The third kappa shape index (κ3) is 13.1. The van der Waals surface area contributed by atoms with Crippen molar-refractivity contribution >= 4 is 47.3 Å². The second-order valence-corrected chi connectivity index (χ2v) is 9.89. The van der Waals surface area contributed by atoms with Crippen LogP contribution in [0.1, 0.15) is 31.2 Å². The number of benzene rings is 1. The van der Waals surface area contributed by atoms with E-state index >= 15 is 0 Å². The Morgan fingerprint density at radius 2 is 1.48 bits per heavy atom. The van der Waals surface area contributed by atoms with E-state index in [0.717, 1.165) is 0 Å². The molecule has 0 radical (unpaired) electrons. The number of primary amides is 1. The molecule has 0 aliphatic heterocycles. The zero-order valence-electron chi connectivity index (χ0n) is 22.2. The Labute approximate surface area is 235 Å². The number of carbonyl (C=O) groups is 5. The molecule has 1 aromatic carbocycles. The summed E-state index contributed by atoms with van der Waals surface area (Å²) in [5.41, 5.74) is 22.3. The highest BCUT2D eigenvalue weighted by Gasteiger charge is 2.31. The number of guanidine groups is 1. The Bertz CT molecular complexity index is 1050. The van der Waals surface area contributed by atoms with Gasteiger partial charge in [-0.05, 0) is 49.0 Å². The number of thioether (sulfide) groups is 1. The van der Waals surface area contributed by atoms with Crippen LogP contribution in [-0.2, 0) is 30.4 Å². The number of carboxylic acid groups (broad SMARTS) is 1. The Hall–Kier alpha value is -4.05. The summed E-state index contributed by atoms with van der Waals surface area (Å²) in [6.45, 7) is 0.115. The van der Waals surface area contributed by atoms with Crippen LogP contribution in [0.25, 0.3) is 0 Å². The minimum atomic E-state index is -1.43. The highest BCUT2D eigenvalue weighted by Crippen LogP contribution is 2.12. The first-order chi connectivity index (χ1) is 18.8. The summed E-state index contributed by atoms with van der Waals surface area (Å²) in [5.74, 6) is -4.20. The molecular formula is C24H38N8O7S. The zero-order chi connectivity index (χ0) is 30.2. The summed E-state index contributed by atoms with van der Waals surface area (Å²) in [6, 6.07) is 0.757. The number of carbonyl (C=O) groups excluding carboxylic acids is 4. The molecular weight excluding hydrogens is 544 g/mol. The molecule has 222 valence electrons. The van der Waals surface area contributed by atoms with Gasteiger partial charge in [-0.2, -0.15) is 11.8 Å². The Morgan fingerprint density at radius 3 is 2.02 bits per heavy atom. The molecule has 0 aliphatic carbocycles. The molecule has 4 atom stereocenters. The van der Waals surface area contributed by atoms with Crippen LogP contribution in [0.4, 0.5) is 0 Å². The SMILES string of the molecule is CSCCC(N)C(=O)NC(CC(N)=O)C(=O)NC(CCCN=C(N)N)C(=O)NC(Cc1ccc(O)cc1)C(=O)O. The molecule has 16 heteroatoms. The second kappa shape index (κ2) is 17.5. The monoisotopic (exact) mass is 582 g/mol. The van der Waals surface area contributed by atoms with Gasteiger partial charge in [-0.15, -0.1) is 0 Å². The first-order valence-corrected chi connectivity index (χ1v) is 13.7. The van der Waals surface area contributed by atoms with Crippen LogP contribution in [0.5, 0.6) is 5.75 Å². The van der Waals surface area contributed by atoms with Crippen LogP contribution < -0.4 is 38.9 Å². The number of aliphatic carboxylic acids is 1. The van der Waals surface area contributed by atoms with E-state index in [1.807, 2.05) is 6.26 Å². The van der Waals surface area contributed by atoms with Crippen molar-refractivity contribution in [1.82, 2.24) is 16.0 Å². The van der Waals surface area contributed by atoms with Crippen LogP contribution in [0.2, 0.25) is 0 Å². The maximum atomic E-state index is 13.1. The maximum Gasteiger partial charge on any atom is 0.326 e. The van der Waals surface area contributed by atoms with Crippen molar-refractivity contribution in [3.63, 3.8) is 0 Å². The highest BCUT2D eigenvalue weighted by atomic mass is 32.2. The van der Waals surface area contributed by atoms with Gasteiger partial charge in [0.05, 0.1) is 12.5 Å². The molecule has 0 aromatic heterocycles. The molecule has 0 bridgehead atoms. The molecule has 1 aromatic rings. The standard InChI is InChI=1S/C24H38N8O7S/c1-40-10-8-15(25)20(35)31-17(12-19(26)34)22(37)30-16(3-2-9-29-24(27)28)21(36)32-18(23(38)39)11-13-4-6-14(33)7-5-13/h4-7,15-18,33H,2-3,8-12,25H2,1H3,(H2,26,34)(H,30,37)(H,31,35)(H,32,36)(H,38,39)(H4,27,28,29). The average molecular weight is 583 g/mol. The van der Waals surface area contributed by atoms with Gasteiger partial charge in [0.15, 0.2) is 5.96 Å². The van der Waals surface area contributed by atoms with Gasteiger partial charge in [-0.25, -0.2) is 4.79 Å². The van der Waals surface area contributed by atoms with Gasteiger partial charge in [0.2, 0.25) is 23.6 Å². The number of phenolic OH excluding ortho intramolecular Hbond substituents is 1. The number of hydrogen-bond donors (Lipinski definition) is 9. The van der Waals surface area contributed by atoms with Gasteiger partial charge in [0.25, 0.3) is 0 Å².